The fraction of sp³-hybridized carbons (Fsp3) is 0.154. The summed E-state index contributed by atoms with van der Waals surface area (Å²) >= 11 is 0. The Morgan fingerprint density at radius 3 is 2.41 bits per heavy atom. The quantitative estimate of drug-likeness (QED) is 0.774. The van der Waals surface area contributed by atoms with E-state index in [1.165, 1.54) is 4.68 Å². The van der Waals surface area contributed by atoms with Crippen LogP contribution in [0, 0.1) is 13.8 Å². The van der Waals surface area contributed by atoms with Crippen LogP contribution >= 0.6 is 0 Å². The molecule has 4 nitrogen and oxygen atoms in total. The second kappa shape index (κ2) is 4.33. The highest BCUT2D eigenvalue weighted by Crippen LogP contribution is 2.14. The average molecular weight is 229 g/mol. The first kappa shape index (κ1) is 11.3. The van der Waals surface area contributed by atoms with Gasteiger partial charge >= 0.3 is 0 Å². The number of aryl methyl sites for hydroxylation is 2. The van der Waals surface area contributed by atoms with E-state index in [1.54, 1.807) is 18.3 Å². The highest BCUT2D eigenvalue weighted by Gasteiger charge is 2.09. The van der Waals surface area contributed by atoms with Crippen LogP contribution in [0.25, 0.3) is 0 Å². The molecule has 0 fully saturated rings. The first-order valence-electron chi connectivity index (χ1n) is 5.38. The van der Waals surface area contributed by atoms with Gasteiger partial charge in [0.15, 0.2) is 0 Å². The number of nitrogens with two attached hydrogens (primary N) is 1. The van der Waals surface area contributed by atoms with Crippen LogP contribution in [0.5, 0.6) is 0 Å². The van der Waals surface area contributed by atoms with Crippen LogP contribution in [0.2, 0.25) is 0 Å². The van der Waals surface area contributed by atoms with Gasteiger partial charge in [-0.05, 0) is 49.2 Å². The molecule has 1 heterocycles. The molecule has 2 aromatic rings. The maximum Gasteiger partial charge on any atom is 0.274 e. The zero-order valence-corrected chi connectivity index (χ0v) is 9.90. The number of carbonyl (C=O) groups excluding carboxylic acids is 1. The summed E-state index contributed by atoms with van der Waals surface area (Å²) in [6.07, 6.45) is 1.64. The van der Waals surface area contributed by atoms with Crippen molar-refractivity contribution in [3.63, 3.8) is 0 Å². The van der Waals surface area contributed by atoms with Crippen molar-refractivity contribution in [1.82, 2.24) is 4.68 Å². The molecule has 0 aliphatic heterocycles. The first-order chi connectivity index (χ1) is 8.06. The van der Waals surface area contributed by atoms with Gasteiger partial charge in [0, 0.05) is 11.9 Å². The number of nitrogens with zero attached hydrogens (tertiary/aromatic N) is 1. The lowest BCUT2D eigenvalue weighted by Crippen LogP contribution is -2.20. The van der Waals surface area contributed by atoms with Gasteiger partial charge < -0.3 is 11.2 Å². The van der Waals surface area contributed by atoms with Crippen LogP contribution in [-0.2, 0) is 0 Å². The molecule has 1 aromatic heterocycles. The van der Waals surface area contributed by atoms with Gasteiger partial charge in [-0.25, -0.2) is 0 Å². The van der Waals surface area contributed by atoms with Gasteiger partial charge in [0.05, 0.1) is 0 Å². The number of nitrogen functional groups attached to an aromatic ring is 1. The Hall–Kier alpha value is -2.23. The van der Waals surface area contributed by atoms with Crippen LogP contribution in [-0.4, -0.2) is 10.6 Å². The molecule has 3 N–H and O–H groups in total. The number of rotatable bonds is 2. The van der Waals surface area contributed by atoms with Gasteiger partial charge in [-0.15, -0.1) is 0 Å². The standard InChI is InChI=1S/C13H15N3O/c1-9-6-10(2)8-11(7-9)15-13(17)12-4-3-5-16(12)14/h3-8H,14H2,1-2H3,(H,15,17). The molecule has 88 valence electrons. The van der Waals surface area contributed by atoms with Crippen LogP contribution in [0.3, 0.4) is 0 Å². The Labute approximate surface area is 100 Å². The normalized spacial score (nSPS) is 10.2. The molecule has 0 bridgehead atoms. The Bertz CT molecular complexity index is 537. The van der Waals surface area contributed by atoms with Crippen molar-refractivity contribution in [3.8, 4) is 0 Å². The SMILES string of the molecule is Cc1cc(C)cc(NC(=O)c2cccn2N)c1. The Morgan fingerprint density at radius 2 is 1.88 bits per heavy atom. The minimum absolute atomic E-state index is 0.206. The Morgan fingerprint density at radius 1 is 1.24 bits per heavy atom. The number of nitrogens with one attached hydrogen (secondary N) is 1. The lowest BCUT2D eigenvalue weighted by atomic mass is 10.1. The lowest BCUT2D eigenvalue weighted by Gasteiger charge is -2.08. The predicted molar refractivity (Wildman–Crippen MR) is 68.5 cm³/mol. The zero-order valence-electron chi connectivity index (χ0n) is 9.90. The van der Waals surface area contributed by atoms with Gasteiger partial charge in [0.2, 0.25) is 0 Å². The summed E-state index contributed by atoms with van der Waals surface area (Å²) in [5.74, 6) is 5.40. The van der Waals surface area contributed by atoms with E-state index in [2.05, 4.69) is 11.4 Å². The van der Waals surface area contributed by atoms with Gasteiger partial charge in [0.1, 0.15) is 5.69 Å². The largest absolute Gasteiger partial charge is 0.339 e. The van der Waals surface area contributed by atoms with Crippen molar-refractivity contribution in [2.75, 3.05) is 11.2 Å². The predicted octanol–water partition coefficient (Wildman–Crippen LogP) is 2.07. The molecule has 0 radical (unpaired) electrons. The summed E-state index contributed by atoms with van der Waals surface area (Å²) in [6, 6.07) is 9.32. The molecule has 0 unspecified atom stereocenters. The number of hydrogen-bond donors (Lipinski definition) is 2. The minimum atomic E-state index is -0.206. The van der Waals surface area contributed by atoms with Crippen molar-refractivity contribution in [2.24, 2.45) is 0 Å². The minimum Gasteiger partial charge on any atom is -0.339 e. The molecule has 0 aliphatic rings. The van der Waals surface area contributed by atoms with Crippen molar-refractivity contribution in [1.29, 1.82) is 0 Å². The maximum atomic E-state index is 11.9. The number of anilines is 1. The Kier molecular flexibility index (Phi) is 2.87. The van der Waals surface area contributed by atoms with Gasteiger partial charge in [-0.1, -0.05) is 6.07 Å². The van der Waals surface area contributed by atoms with E-state index in [9.17, 15) is 4.79 Å². The van der Waals surface area contributed by atoms with E-state index in [4.69, 9.17) is 5.84 Å². The van der Waals surface area contributed by atoms with Crippen molar-refractivity contribution < 1.29 is 4.79 Å². The first-order valence-corrected chi connectivity index (χ1v) is 5.38. The van der Waals surface area contributed by atoms with E-state index in [0.29, 0.717) is 5.69 Å². The summed E-state index contributed by atoms with van der Waals surface area (Å²) in [6.45, 7) is 3.99. The van der Waals surface area contributed by atoms with Crippen LogP contribution in [0.1, 0.15) is 21.6 Å². The second-order valence-electron chi connectivity index (χ2n) is 4.13. The van der Waals surface area contributed by atoms with E-state index < -0.39 is 0 Å². The fourth-order valence-electron chi connectivity index (χ4n) is 1.83. The monoisotopic (exact) mass is 229 g/mol. The van der Waals surface area contributed by atoms with Crippen LogP contribution in [0.4, 0.5) is 5.69 Å². The second-order valence-corrected chi connectivity index (χ2v) is 4.13. The lowest BCUT2D eigenvalue weighted by molar-refractivity contribution is 0.102. The molecule has 2 rings (SSSR count). The molecule has 0 aliphatic carbocycles. The zero-order chi connectivity index (χ0) is 12.4. The molecule has 0 spiro atoms. The molecular weight excluding hydrogens is 214 g/mol. The highest BCUT2D eigenvalue weighted by molar-refractivity contribution is 6.03. The van der Waals surface area contributed by atoms with Gasteiger partial charge in [0.25, 0.3) is 5.91 Å². The third-order valence-electron chi connectivity index (χ3n) is 2.49. The van der Waals surface area contributed by atoms with E-state index in [0.717, 1.165) is 16.8 Å². The van der Waals surface area contributed by atoms with Crippen molar-refractivity contribution in [3.05, 3.63) is 53.3 Å². The highest BCUT2D eigenvalue weighted by atomic mass is 16.2. The third-order valence-corrected chi connectivity index (χ3v) is 2.49. The topological polar surface area (TPSA) is 60.0 Å². The summed E-state index contributed by atoms with van der Waals surface area (Å²) in [4.78, 5) is 11.9. The van der Waals surface area contributed by atoms with Crippen LogP contribution in [0.15, 0.2) is 36.5 Å². The smallest absolute Gasteiger partial charge is 0.274 e. The van der Waals surface area contributed by atoms with E-state index in [-0.39, 0.29) is 5.91 Å². The van der Waals surface area contributed by atoms with Gasteiger partial charge in [-0.2, -0.15) is 0 Å². The molecular formula is C13H15N3O. The fourth-order valence-corrected chi connectivity index (χ4v) is 1.83. The van der Waals surface area contributed by atoms with Crippen molar-refractivity contribution in [2.45, 2.75) is 13.8 Å². The number of aromatic nitrogens is 1. The molecule has 4 heteroatoms. The Balaban J connectivity index is 2.21. The number of hydrogen-bond acceptors (Lipinski definition) is 2. The summed E-state index contributed by atoms with van der Waals surface area (Å²) in [7, 11) is 0. The number of amides is 1. The molecule has 1 aromatic carbocycles. The van der Waals surface area contributed by atoms with Crippen molar-refractivity contribution >= 4 is 11.6 Å². The number of benzene rings is 1. The molecule has 0 saturated carbocycles. The van der Waals surface area contributed by atoms with E-state index >= 15 is 0 Å². The summed E-state index contributed by atoms with van der Waals surface area (Å²) < 4.78 is 1.30. The summed E-state index contributed by atoms with van der Waals surface area (Å²) in [5.41, 5.74) is 3.45. The molecule has 1 amide bonds. The summed E-state index contributed by atoms with van der Waals surface area (Å²) in [5, 5.41) is 2.83. The third kappa shape index (κ3) is 2.47. The molecule has 0 saturated heterocycles. The molecule has 17 heavy (non-hydrogen) atoms. The van der Waals surface area contributed by atoms with E-state index in [1.807, 2.05) is 26.0 Å². The van der Waals surface area contributed by atoms with Crippen LogP contribution < -0.4 is 11.2 Å². The van der Waals surface area contributed by atoms with Gasteiger partial charge in [-0.3, -0.25) is 9.47 Å². The maximum absolute atomic E-state index is 11.9. The number of carbonyl (C=O) groups is 1. The average Bonchev–Trinajstić information content (AvgIpc) is 2.62. The molecule has 0 atom stereocenters.